The van der Waals surface area contributed by atoms with Crippen LogP contribution in [0, 0.1) is 10.8 Å². The van der Waals surface area contributed by atoms with Gasteiger partial charge < -0.3 is 0 Å². The Morgan fingerprint density at radius 1 is 1.27 bits per heavy atom. The summed E-state index contributed by atoms with van der Waals surface area (Å²) in [7, 11) is 0. The van der Waals surface area contributed by atoms with Gasteiger partial charge in [0.1, 0.15) is 0 Å². The van der Waals surface area contributed by atoms with E-state index in [1.165, 1.54) is 24.0 Å². The molecule has 0 aromatic heterocycles. The molecule has 0 aliphatic heterocycles. The maximum Gasteiger partial charge on any atom is 0.169 e. The third-order valence-electron chi connectivity index (χ3n) is 4.70. The van der Waals surface area contributed by atoms with E-state index in [0.717, 1.165) is 5.57 Å². The summed E-state index contributed by atoms with van der Waals surface area (Å²) in [6.45, 7) is 6.43. The Kier molecular flexibility index (Phi) is 1.43. The van der Waals surface area contributed by atoms with Crippen LogP contribution in [-0.2, 0) is 4.79 Å². The van der Waals surface area contributed by atoms with Gasteiger partial charge in [-0.2, -0.15) is 0 Å². The van der Waals surface area contributed by atoms with E-state index < -0.39 is 0 Å². The topological polar surface area (TPSA) is 17.1 Å². The zero-order valence-corrected chi connectivity index (χ0v) is 9.55. The highest BCUT2D eigenvalue weighted by atomic mass is 16.1. The van der Waals surface area contributed by atoms with E-state index >= 15 is 0 Å². The summed E-state index contributed by atoms with van der Waals surface area (Å²) in [6.07, 6.45) is 8.43. The van der Waals surface area contributed by atoms with Crippen LogP contribution in [0.3, 0.4) is 0 Å². The molecule has 78 valence electrons. The van der Waals surface area contributed by atoms with Gasteiger partial charge in [0.2, 0.25) is 0 Å². The minimum Gasteiger partial charge on any atom is -0.294 e. The quantitative estimate of drug-likeness (QED) is 0.587. The van der Waals surface area contributed by atoms with Crippen molar-refractivity contribution in [2.24, 2.45) is 10.8 Å². The van der Waals surface area contributed by atoms with Crippen LogP contribution in [0.4, 0.5) is 0 Å². The minimum absolute atomic E-state index is 0.186. The third-order valence-corrected chi connectivity index (χ3v) is 4.70. The molecule has 3 aliphatic carbocycles. The van der Waals surface area contributed by atoms with Crippen LogP contribution >= 0.6 is 0 Å². The van der Waals surface area contributed by atoms with Gasteiger partial charge in [0.05, 0.1) is 0 Å². The number of Topliss-reactive ketones (excluding diaryl/α,β-unsaturated/α-hetero) is 1. The molecule has 0 radical (unpaired) electrons. The van der Waals surface area contributed by atoms with E-state index in [9.17, 15) is 4.79 Å². The van der Waals surface area contributed by atoms with Gasteiger partial charge in [0.25, 0.3) is 0 Å². The van der Waals surface area contributed by atoms with Crippen LogP contribution in [0.5, 0.6) is 0 Å². The Bertz CT molecular complexity index is 454. The first-order valence-electron chi connectivity index (χ1n) is 5.66. The maximum absolute atomic E-state index is 12.4. The number of fused-ring (bicyclic) bond motifs is 1. The zero-order valence-electron chi connectivity index (χ0n) is 9.55. The summed E-state index contributed by atoms with van der Waals surface area (Å²) in [6, 6.07) is 0. The first-order chi connectivity index (χ1) is 7.01. The molecule has 1 spiro atoms. The third kappa shape index (κ3) is 0.831. The predicted molar refractivity (Wildman–Crippen MR) is 60.4 cm³/mol. The number of hydrogen-bond acceptors (Lipinski definition) is 1. The van der Waals surface area contributed by atoms with Gasteiger partial charge in [-0.3, -0.25) is 4.79 Å². The van der Waals surface area contributed by atoms with Crippen LogP contribution in [0.2, 0.25) is 0 Å². The van der Waals surface area contributed by atoms with Crippen molar-refractivity contribution in [2.75, 3.05) is 0 Å². The van der Waals surface area contributed by atoms with E-state index in [-0.39, 0.29) is 10.8 Å². The lowest BCUT2D eigenvalue weighted by molar-refractivity contribution is -0.126. The predicted octanol–water partition coefficient (Wildman–Crippen LogP) is 3.19. The molecule has 15 heavy (non-hydrogen) atoms. The average molecular weight is 200 g/mol. The smallest absolute Gasteiger partial charge is 0.169 e. The summed E-state index contributed by atoms with van der Waals surface area (Å²) >= 11 is 0. The number of allylic oxidation sites excluding steroid dienone is 6. The zero-order chi connectivity index (χ0) is 10.8. The molecule has 0 amide bonds. The Labute approximate surface area is 90.6 Å². The molecule has 0 heterocycles. The monoisotopic (exact) mass is 200 g/mol. The summed E-state index contributed by atoms with van der Waals surface area (Å²) in [5.41, 5.74) is 3.57. The second-order valence-corrected chi connectivity index (χ2v) is 5.51. The van der Waals surface area contributed by atoms with Gasteiger partial charge in [-0.1, -0.05) is 37.6 Å². The molecule has 0 aromatic rings. The fourth-order valence-electron chi connectivity index (χ4n) is 3.35. The molecule has 1 heteroatoms. The molecular formula is C14H16O. The van der Waals surface area contributed by atoms with Crippen molar-refractivity contribution < 1.29 is 4.79 Å². The summed E-state index contributed by atoms with van der Waals surface area (Å²) in [4.78, 5) is 12.4. The maximum atomic E-state index is 12.4. The molecule has 1 fully saturated rings. The molecule has 3 aliphatic rings. The molecule has 0 aromatic carbocycles. The second-order valence-electron chi connectivity index (χ2n) is 5.51. The lowest BCUT2D eigenvalue weighted by Gasteiger charge is -2.40. The van der Waals surface area contributed by atoms with Gasteiger partial charge in [-0.25, -0.2) is 0 Å². The Balaban J connectivity index is 2.29. The molecule has 0 bridgehead atoms. The Hall–Kier alpha value is -1.11. The van der Waals surface area contributed by atoms with Gasteiger partial charge >= 0.3 is 0 Å². The van der Waals surface area contributed by atoms with Crippen molar-refractivity contribution in [1.29, 1.82) is 0 Å². The van der Waals surface area contributed by atoms with Crippen molar-refractivity contribution >= 4 is 5.78 Å². The first-order valence-corrected chi connectivity index (χ1v) is 5.66. The fraction of sp³-hybridized carbons (Fsp3) is 0.500. The van der Waals surface area contributed by atoms with Gasteiger partial charge in [0.15, 0.2) is 5.78 Å². The highest BCUT2D eigenvalue weighted by molar-refractivity contribution is 6.08. The average Bonchev–Trinajstić information content (AvgIpc) is 2.86. The Morgan fingerprint density at radius 3 is 2.53 bits per heavy atom. The van der Waals surface area contributed by atoms with E-state index in [4.69, 9.17) is 0 Å². The molecule has 1 nitrogen and oxygen atoms in total. The molecule has 0 saturated heterocycles. The van der Waals surface area contributed by atoms with Crippen LogP contribution < -0.4 is 0 Å². The van der Waals surface area contributed by atoms with E-state index in [0.29, 0.717) is 5.78 Å². The van der Waals surface area contributed by atoms with Gasteiger partial charge in [-0.15, -0.1) is 0 Å². The number of ketones is 1. The molecule has 0 atom stereocenters. The lowest BCUT2D eigenvalue weighted by atomic mass is 9.62. The van der Waals surface area contributed by atoms with E-state index in [1.54, 1.807) is 0 Å². The van der Waals surface area contributed by atoms with Crippen LogP contribution in [0.15, 0.2) is 34.9 Å². The highest BCUT2D eigenvalue weighted by Gasteiger charge is 2.62. The Morgan fingerprint density at radius 2 is 1.93 bits per heavy atom. The standard InChI is InChI=1S/C14H16O/c1-9-10-5-4-6-11(10)12(15)13(2,3)14(9)7-8-14/h4-6H,7-8H2,1-3H3. The van der Waals surface area contributed by atoms with Gasteiger partial charge in [0, 0.05) is 16.4 Å². The number of rotatable bonds is 0. The van der Waals surface area contributed by atoms with E-state index in [1.807, 2.05) is 12.2 Å². The van der Waals surface area contributed by atoms with Gasteiger partial charge in [-0.05, 0) is 25.3 Å². The first kappa shape index (κ1) is 9.14. The van der Waals surface area contributed by atoms with Crippen LogP contribution in [0.1, 0.15) is 33.6 Å². The number of carbonyl (C=O) groups is 1. The molecule has 3 rings (SSSR count). The normalized spacial score (nSPS) is 29.5. The number of hydrogen-bond donors (Lipinski definition) is 0. The van der Waals surface area contributed by atoms with Crippen molar-refractivity contribution in [1.82, 2.24) is 0 Å². The van der Waals surface area contributed by atoms with Crippen LogP contribution in [0.25, 0.3) is 0 Å². The molecule has 1 saturated carbocycles. The number of carbonyl (C=O) groups excluding carboxylic acids is 1. The molecule has 0 unspecified atom stereocenters. The fourth-order valence-corrected chi connectivity index (χ4v) is 3.35. The summed E-state index contributed by atoms with van der Waals surface area (Å²) in [5, 5.41) is 0. The van der Waals surface area contributed by atoms with Crippen molar-refractivity contribution in [3.63, 3.8) is 0 Å². The van der Waals surface area contributed by atoms with Crippen molar-refractivity contribution in [3.05, 3.63) is 34.9 Å². The minimum atomic E-state index is -0.196. The molecule has 0 N–H and O–H groups in total. The SMILES string of the molecule is CC1=C2C=CC=C2C(=O)C(C)(C)C12CC2. The largest absolute Gasteiger partial charge is 0.294 e. The van der Waals surface area contributed by atoms with Crippen molar-refractivity contribution in [3.8, 4) is 0 Å². The highest BCUT2D eigenvalue weighted by Crippen LogP contribution is 2.67. The van der Waals surface area contributed by atoms with Crippen molar-refractivity contribution in [2.45, 2.75) is 33.6 Å². The summed E-state index contributed by atoms with van der Waals surface area (Å²) in [5.74, 6) is 0.339. The molecular weight excluding hydrogens is 184 g/mol. The van der Waals surface area contributed by atoms with E-state index in [2.05, 4.69) is 26.8 Å². The van der Waals surface area contributed by atoms with Crippen LogP contribution in [-0.4, -0.2) is 5.78 Å². The summed E-state index contributed by atoms with van der Waals surface area (Å²) < 4.78 is 0. The second kappa shape index (κ2) is 2.34. The lowest BCUT2D eigenvalue weighted by Crippen LogP contribution is -2.40.